The first-order valence-corrected chi connectivity index (χ1v) is 5.00. The van der Waals surface area contributed by atoms with Crippen LogP contribution in [0.4, 0.5) is 5.69 Å². The molecule has 1 aromatic rings. The van der Waals surface area contributed by atoms with Gasteiger partial charge in [-0.1, -0.05) is 11.3 Å². The molecule has 0 bridgehead atoms. The van der Waals surface area contributed by atoms with E-state index in [4.69, 9.17) is 4.74 Å². The quantitative estimate of drug-likeness (QED) is 0.338. The Morgan fingerprint density at radius 2 is 2.17 bits per heavy atom. The van der Waals surface area contributed by atoms with Crippen LogP contribution in [0.2, 0.25) is 0 Å². The monoisotopic (exact) mass is 259 g/mol. The summed E-state index contributed by atoms with van der Waals surface area (Å²) in [6, 6.07) is 5.47. The van der Waals surface area contributed by atoms with Crippen molar-refractivity contribution >= 4 is 11.7 Å². The van der Waals surface area contributed by atoms with Crippen LogP contribution >= 0.6 is 0 Å². The van der Waals surface area contributed by atoms with Crippen LogP contribution in [0, 0.1) is 6.92 Å². The van der Waals surface area contributed by atoms with Crippen molar-refractivity contribution in [3.8, 4) is 5.75 Å². The topological polar surface area (TPSA) is 77.3 Å². The number of carbonyl (C=O) groups is 1. The van der Waals surface area contributed by atoms with Crippen molar-refractivity contribution in [3.05, 3.63) is 23.8 Å². The van der Waals surface area contributed by atoms with Gasteiger partial charge >= 0.3 is 29.6 Å². The molecule has 0 amide bonds. The number of aryl methyl sites for hydroxylation is 1. The van der Waals surface area contributed by atoms with Crippen molar-refractivity contribution in [2.24, 2.45) is 10.3 Å². The Bertz CT molecular complexity index is 438. The van der Waals surface area contributed by atoms with Crippen molar-refractivity contribution in [2.45, 2.75) is 6.92 Å². The Balaban J connectivity index is 0.00000289. The van der Waals surface area contributed by atoms with Crippen LogP contribution < -0.4 is 39.4 Å². The molecule has 7 heteroatoms. The molecule has 92 valence electrons. The van der Waals surface area contributed by atoms with E-state index in [9.17, 15) is 9.90 Å². The maximum Gasteiger partial charge on any atom is 1.00 e. The molecule has 0 aliphatic heterocycles. The van der Waals surface area contributed by atoms with Crippen LogP contribution in [0.25, 0.3) is 0 Å². The number of methoxy groups -OCH3 is 1. The SMILES string of the molecule is COc1ccc(C)cc1N=NN(C)CC(=O)[O-].[Na+]. The number of hydrogen-bond acceptors (Lipinski definition) is 5. The third-order valence-corrected chi connectivity index (χ3v) is 2.00. The van der Waals surface area contributed by atoms with Gasteiger partial charge in [0.2, 0.25) is 0 Å². The Kier molecular flexibility index (Phi) is 7.58. The average molecular weight is 259 g/mol. The second-order valence-electron chi connectivity index (χ2n) is 3.55. The van der Waals surface area contributed by atoms with Gasteiger partial charge in [0.05, 0.1) is 19.6 Å². The summed E-state index contributed by atoms with van der Waals surface area (Å²) in [7, 11) is 3.04. The number of carboxylic acids is 1. The van der Waals surface area contributed by atoms with E-state index in [0.717, 1.165) is 5.56 Å². The molecule has 0 spiro atoms. The second kappa shape index (κ2) is 8.07. The largest absolute Gasteiger partial charge is 1.00 e. The first kappa shape index (κ1) is 16.9. The zero-order valence-electron chi connectivity index (χ0n) is 11.0. The summed E-state index contributed by atoms with van der Waals surface area (Å²) in [5, 5.41) is 19.2. The molecule has 0 saturated carbocycles. The van der Waals surface area contributed by atoms with E-state index < -0.39 is 5.97 Å². The molecule has 0 fully saturated rings. The summed E-state index contributed by atoms with van der Waals surface area (Å²) in [5.41, 5.74) is 1.57. The Morgan fingerprint density at radius 3 is 2.72 bits per heavy atom. The van der Waals surface area contributed by atoms with Crippen LogP contribution in [0.1, 0.15) is 5.56 Å². The molecule has 18 heavy (non-hydrogen) atoms. The minimum Gasteiger partial charge on any atom is -0.548 e. The number of likely N-dealkylation sites (N-methyl/N-ethyl adjacent to an activating group) is 1. The van der Waals surface area contributed by atoms with Gasteiger partial charge in [-0.15, -0.1) is 5.11 Å². The van der Waals surface area contributed by atoms with Gasteiger partial charge in [0.1, 0.15) is 11.4 Å². The summed E-state index contributed by atoms with van der Waals surface area (Å²) in [6.45, 7) is 1.61. The molecule has 6 nitrogen and oxygen atoms in total. The molecule has 0 aliphatic carbocycles. The summed E-state index contributed by atoms with van der Waals surface area (Å²) in [5.74, 6) is -0.621. The van der Waals surface area contributed by atoms with Gasteiger partial charge < -0.3 is 14.6 Å². The normalized spacial score (nSPS) is 9.94. The fourth-order valence-corrected chi connectivity index (χ4v) is 1.22. The van der Waals surface area contributed by atoms with Crippen LogP contribution in [0.15, 0.2) is 28.5 Å². The van der Waals surface area contributed by atoms with Crippen molar-refractivity contribution in [1.82, 2.24) is 5.01 Å². The third-order valence-electron chi connectivity index (χ3n) is 2.00. The fraction of sp³-hybridized carbons (Fsp3) is 0.364. The van der Waals surface area contributed by atoms with E-state index >= 15 is 0 Å². The van der Waals surface area contributed by atoms with Gasteiger partial charge in [-0.25, -0.2) is 0 Å². The van der Waals surface area contributed by atoms with E-state index in [0.29, 0.717) is 11.4 Å². The molecule has 0 N–H and O–H groups in total. The van der Waals surface area contributed by atoms with Gasteiger partial charge in [-0.05, 0) is 24.6 Å². The fourth-order valence-electron chi connectivity index (χ4n) is 1.22. The molecule has 0 heterocycles. The van der Waals surface area contributed by atoms with Crippen molar-refractivity contribution in [3.63, 3.8) is 0 Å². The van der Waals surface area contributed by atoms with E-state index in [1.165, 1.54) is 19.2 Å². The first-order valence-electron chi connectivity index (χ1n) is 5.00. The minimum atomic E-state index is -1.21. The number of carboxylic acid groups (broad SMARTS) is 1. The van der Waals surface area contributed by atoms with Gasteiger partial charge in [0.15, 0.2) is 0 Å². The summed E-state index contributed by atoms with van der Waals surface area (Å²) in [6.07, 6.45) is 0. The van der Waals surface area contributed by atoms with E-state index in [2.05, 4.69) is 10.3 Å². The number of aliphatic carboxylic acids is 1. The van der Waals surface area contributed by atoms with Crippen LogP contribution in [0.5, 0.6) is 5.75 Å². The predicted octanol–water partition coefficient (Wildman–Crippen LogP) is -2.31. The van der Waals surface area contributed by atoms with Crippen LogP contribution in [-0.4, -0.2) is 31.7 Å². The third kappa shape index (κ3) is 5.48. The number of carbonyl (C=O) groups excluding carboxylic acids is 1. The number of nitrogens with zero attached hydrogens (tertiary/aromatic N) is 3. The molecule has 0 atom stereocenters. The average Bonchev–Trinajstić information content (AvgIpc) is 2.25. The second-order valence-corrected chi connectivity index (χ2v) is 3.55. The Labute approximate surface area is 128 Å². The molecule has 0 radical (unpaired) electrons. The van der Waals surface area contributed by atoms with Gasteiger partial charge in [0.25, 0.3) is 0 Å². The maximum absolute atomic E-state index is 10.3. The molecule has 0 aliphatic rings. The zero-order chi connectivity index (χ0) is 12.8. The molecule has 1 rings (SSSR count). The smallest absolute Gasteiger partial charge is 0.548 e. The molecule has 1 aromatic carbocycles. The zero-order valence-corrected chi connectivity index (χ0v) is 13.0. The van der Waals surface area contributed by atoms with Crippen LogP contribution in [-0.2, 0) is 4.79 Å². The molecule has 0 aromatic heterocycles. The van der Waals surface area contributed by atoms with Crippen molar-refractivity contribution < 1.29 is 44.2 Å². The number of benzene rings is 1. The molecular formula is C11H14N3NaO3. The van der Waals surface area contributed by atoms with Gasteiger partial charge in [0, 0.05) is 7.05 Å². The number of hydrogen-bond donors (Lipinski definition) is 0. The summed E-state index contributed by atoms with van der Waals surface area (Å²) >= 11 is 0. The van der Waals surface area contributed by atoms with E-state index in [-0.39, 0.29) is 36.1 Å². The Hall–Kier alpha value is -1.11. The standard InChI is InChI=1S/C11H15N3O3.Na/c1-8-4-5-10(17-3)9(6-8)12-13-14(2)7-11(15)16;/h4-6H,7H2,1-3H3,(H,15,16);/q;+1/p-1. The predicted molar refractivity (Wildman–Crippen MR) is 59.9 cm³/mol. The Morgan fingerprint density at radius 1 is 1.50 bits per heavy atom. The maximum atomic E-state index is 10.3. The number of rotatable bonds is 5. The summed E-state index contributed by atoms with van der Waals surface area (Å²) in [4.78, 5) is 10.3. The van der Waals surface area contributed by atoms with E-state index in [1.54, 1.807) is 12.1 Å². The first-order chi connectivity index (χ1) is 8.02. The van der Waals surface area contributed by atoms with Crippen molar-refractivity contribution in [2.75, 3.05) is 20.7 Å². The van der Waals surface area contributed by atoms with Crippen LogP contribution in [0.3, 0.4) is 0 Å². The summed E-state index contributed by atoms with van der Waals surface area (Å²) < 4.78 is 5.11. The molecule has 0 saturated heterocycles. The van der Waals surface area contributed by atoms with Gasteiger partial charge in [-0.2, -0.15) is 0 Å². The number of ether oxygens (including phenoxy) is 1. The van der Waals surface area contributed by atoms with Gasteiger partial charge in [-0.3, -0.25) is 5.01 Å². The molecule has 0 unspecified atom stereocenters. The van der Waals surface area contributed by atoms with Crippen molar-refractivity contribution in [1.29, 1.82) is 0 Å². The minimum absolute atomic E-state index is 0. The molecular weight excluding hydrogens is 245 g/mol. The van der Waals surface area contributed by atoms with E-state index in [1.807, 2.05) is 13.0 Å².